The summed E-state index contributed by atoms with van der Waals surface area (Å²) in [5, 5.41) is 9.85. The number of carbonyl (C=O) groups is 3. The van der Waals surface area contributed by atoms with Gasteiger partial charge in [-0.25, -0.2) is 0 Å². The fourth-order valence-electron chi connectivity index (χ4n) is 1.85. The molecule has 0 bridgehead atoms. The van der Waals surface area contributed by atoms with Crippen molar-refractivity contribution in [3.8, 4) is 0 Å². The van der Waals surface area contributed by atoms with Crippen LogP contribution in [0.4, 0.5) is 0 Å². The summed E-state index contributed by atoms with van der Waals surface area (Å²) < 4.78 is 20.5. The van der Waals surface area contributed by atoms with E-state index in [1.807, 2.05) is 0 Å². The number of carbonyl (C=O) groups excluding carboxylic acids is 3. The normalized spacial score (nSPS) is 27.8. The molecule has 0 radical (unpaired) electrons. The molecule has 8 nitrogen and oxygen atoms in total. The van der Waals surface area contributed by atoms with Crippen LogP contribution in [0.25, 0.3) is 0 Å². The highest BCUT2D eigenvalue weighted by Gasteiger charge is 2.46. The van der Waals surface area contributed by atoms with Crippen LogP contribution < -0.4 is 0 Å². The summed E-state index contributed by atoms with van der Waals surface area (Å²) in [6, 6.07) is 0. The Morgan fingerprint density at radius 3 is 1.86 bits per heavy atom. The third kappa shape index (κ3) is 4.96. The lowest BCUT2D eigenvalue weighted by molar-refractivity contribution is -0.268. The molecule has 8 heteroatoms. The van der Waals surface area contributed by atoms with E-state index >= 15 is 0 Å². The summed E-state index contributed by atoms with van der Waals surface area (Å²) >= 11 is 0. The molecule has 4 atom stereocenters. The fraction of sp³-hybridized carbons (Fsp3) is 0.786. The average molecular weight is 318 g/mol. The van der Waals surface area contributed by atoms with Crippen LogP contribution in [0.2, 0.25) is 0 Å². The first kappa shape index (κ1) is 18.4. The van der Waals surface area contributed by atoms with Gasteiger partial charge in [-0.05, 0) is 0 Å². The SMILES string of the molecule is CCC(=O)O[C@@H]1[C@H](OC(=O)CC)COC(O)[C@@H]1OC(=O)CC. The maximum Gasteiger partial charge on any atom is 0.306 e. The summed E-state index contributed by atoms with van der Waals surface area (Å²) in [5.41, 5.74) is 0. The zero-order valence-electron chi connectivity index (χ0n) is 12.9. The van der Waals surface area contributed by atoms with Crippen molar-refractivity contribution < 1.29 is 38.4 Å². The van der Waals surface area contributed by atoms with E-state index in [1.54, 1.807) is 20.8 Å². The highest BCUT2D eigenvalue weighted by atomic mass is 16.7. The van der Waals surface area contributed by atoms with E-state index in [0.29, 0.717) is 0 Å². The van der Waals surface area contributed by atoms with E-state index in [2.05, 4.69) is 0 Å². The van der Waals surface area contributed by atoms with E-state index < -0.39 is 42.5 Å². The number of esters is 3. The average Bonchev–Trinajstić information content (AvgIpc) is 2.52. The molecule has 0 amide bonds. The van der Waals surface area contributed by atoms with Gasteiger partial charge in [0.25, 0.3) is 0 Å². The minimum absolute atomic E-state index is 0.0804. The topological polar surface area (TPSA) is 108 Å². The van der Waals surface area contributed by atoms with Gasteiger partial charge in [0.2, 0.25) is 0 Å². The first-order valence-corrected chi connectivity index (χ1v) is 7.30. The van der Waals surface area contributed by atoms with Crippen LogP contribution in [0.5, 0.6) is 0 Å². The third-order valence-electron chi connectivity index (χ3n) is 3.09. The second kappa shape index (κ2) is 8.70. The molecule has 22 heavy (non-hydrogen) atoms. The summed E-state index contributed by atoms with van der Waals surface area (Å²) in [6.45, 7) is 4.63. The summed E-state index contributed by atoms with van der Waals surface area (Å²) in [5.74, 6) is -1.66. The maximum absolute atomic E-state index is 11.6. The van der Waals surface area contributed by atoms with Crippen LogP contribution in [0, 0.1) is 0 Å². The van der Waals surface area contributed by atoms with Gasteiger partial charge >= 0.3 is 17.9 Å². The van der Waals surface area contributed by atoms with E-state index in [1.165, 1.54) is 0 Å². The molecule has 1 unspecified atom stereocenters. The molecule has 1 aliphatic heterocycles. The van der Waals surface area contributed by atoms with Crippen molar-refractivity contribution >= 4 is 17.9 Å². The highest BCUT2D eigenvalue weighted by Crippen LogP contribution is 2.24. The minimum atomic E-state index is -1.46. The lowest BCUT2D eigenvalue weighted by Crippen LogP contribution is -2.57. The molecule has 1 aliphatic rings. The second-order valence-corrected chi connectivity index (χ2v) is 4.72. The molecule has 0 aromatic heterocycles. The number of hydrogen-bond acceptors (Lipinski definition) is 8. The van der Waals surface area contributed by atoms with Gasteiger partial charge in [0.15, 0.2) is 24.6 Å². The zero-order valence-corrected chi connectivity index (χ0v) is 12.9. The summed E-state index contributed by atoms with van der Waals surface area (Å²) in [4.78, 5) is 34.5. The minimum Gasteiger partial charge on any atom is -0.456 e. The molecule has 126 valence electrons. The molecule has 0 aromatic carbocycles. The van der Waals surface area contributed by atoms with Crippen LogP contribution in [0.1, 0.15) is 40.0 Å². The summed E-state index contributed by atoms with van der Waals surface area (Å²) in [6.07, 6.45) is -4.45. The van der Waals surface area contributed by atoms with Crippen molar-refractivity contribution in [2.75, 3.05) is 6.61 Å². The Labute approximate surface area is 128 Å². The standard InChI is InChI=1S/C14H22O8/c1-4-9(15)20-8-7-19-14(18)13(22-11(17)6-3)12(8)21-10(16)5-2/h8,12-14,18H,4-7H2,1-3H3/t8-,12-,13-,14?/m1/s1. The Hall–Kier alpha value is -1.67. The van der Waals surface area contributed by atoms with Crippen LogP contribution in [-0.4, -0.2) is 54.2 Å². The third-order valence-corrected chi connectivity index (χ3v) is 3.09. The van der Waals surface area contributed by atoms with Gasteiger partial charge in [0, 0.05) is 19.3 Å². The van der Waals surface area contributed by atoms with Gasteiger partial charge in [-0.2, -0.15) is 0 Å². The van der Waals surface area contributed by atoms with Crippen molar-refractivity contribution in [2.45, 2.75) is 64.6 Å². The van der Waals surface area contributed by atoms with Crippen molar-refractivity contribution in [3.63, 3.8) is 0 Å². The molecule has 0 saturated carbocycles. The molecular formula is C14H22O8. The molecule has 1 saturated heterocycles. The molecule has 0 spiro atoms. The Morgan fingerprint density at radius 2 is 1.36 bits per heavy atom. The lowest BCUT2D eigenvalue weighted by Gasteiger charge is -2.38. The predicted molar refractivity (Wildman–Crippen MR) is 72.5 cm³/mol. The second-order valence-electron chi connectivity index (χ2n) is 4.72. The van der Waals surface area contributed by atoms with Gasteiger partial charge in [0.05, 0.1) is 6.61 Å². The number of aliphatic hydroxyl groups excluding tert-OH is 1. The molecule has 1 fully saturated rings. The maximum atomic E-state index is 11.6. The van der Waals surface area contributed by atoms with Crippen LogP contribution in [0.3, 0.4) is 0 Å². The van der Waals surface area contributed by atoms with Gasteiger partial charge in [-0.1, -0.05) is 20.8 Å². The molecule has 1 rings (SSSR count). The summed E-state index contributed by atoms with van der Waals surface area (Å²) in [7, 11) is 0. The molecule has 1 N–H and O–H groups in total. The van der Waals surface area contributed by atoms with Crippen molar-refractivity contribution in [3.05, 3.63) is 0 Å². The number of hydrogen-bond donors (Lipinski definition) is 1. The van der Waals surface area contributed by atoms with Crippen molar-refractivity contribution in [1.82, 2.24) is 0 Å². The predicted octanol–water partition coefficient (Wildman–Crippen LogP) is 0.300. The van der Waals surface area contributed by atoms with Crippen molar-refractivity contribution in [1.29, 1.82) is 0 Å². The fourth-order valence-corrected chi connectivity index (χ4v) is 1.85. The van der Waals surface area contributed by atoms with E-state index in [-0.39, 0.29) is 25.9 Å². The van der Waals surface area contributed by atoms with Crippen molar-refractivity contribution in [2.24, 2.45) is 0 Å². The first-order valence-electron chi connectivity index (χ1n) is 7.30. The Balaban J connectivity index is 2.92. The smallest absolute Gasteiger partial charge is 0.306 e. The monoisotopic (exact) mass is 318 g/mol. The first-order chi connectivity index (χ1) is 10.4. The van der Waals surface area contributed by atoms with E-state index in [9.17, 15) is 19.5 Å². The van der Waals surface area contributed by atoms with Crippen LogP contribution in [0.15, 0.2) is 0 Å². The van der Waals surface area contributed by atoms with Gasteiger partial charge in [-0.15, -0.1) is 0 Å². The van der Waals surface area contributed by atoms with Gasteiger partial charge in [-0.3, -0.25) is 14.4 Å². The highest BCUT2D eigenvalue weighted by molar-refractivity contribution is 5.71. The molecule has 0 aromatic rings. The van der Waals surface area contributed by atoms with Crippen LogP contribution >= 0.6 is 0 Å². The van der Waals surface area contributed by atoms with E-state index in [0.717, 1.165) is 0 Å². The quantitative estimate of drug-likeness (QED) is 0.550. The van der Waals surface area contributed by atoms with Gasteiger partial charge < -0.3 is 24.1 Å². The lowest BCUT2D eigenvalue weighted by atomic mass is 10.0. The largest absolute Gasteiger partial charge is 0.456 e. The van der Waals surface area contributed by atoms with E-state index in [4.69, 9.17) is 18.9 Å². The van der Waals surface area contributed by atoms with Gasteiger partial charge in [0.1, 0.15) is 0 Å². The Kier molecular flexibility index (Phi) is 7.26. The number of aliphatic hydroxyl groups is 1. The number of rotatable bonds is 6. The Bertz CT molecular complexity index is 408. The Morgan fingerprint density at radius 1 is 0.909 bits per heavy atom. The number of ether oxygens (including phenoxy) is 4. The zero-order chi connectivity index (χ0) is 16.7. The molecule has 0 aliphatic carbocycles. The van der Waals surface area contributed by atoms with Crippen LogP contribution in [-0.2, 0) is 33.3 Å². The molecular weight excluding hydrogens is 296 g/mol. The molecule has 1 heterocycles.